The van der Waals surface area contributed by atoms with Crippen LogP contribution in [0.1, 0.15) is 17.7 Å². The molecule has 9 heteroatoms. The van der Waals surface area contributed by atoms with Crippen LogP contribution in [0.2, 0.25) is 0 Å². The molecule has 1 aliphatic rings. The van der Waals surface area contributed by atoms with E-state index in [9.17, 15) is 13.2 Å². The van der Waals surface area contributed by atoms with Gasteiger partial charge in [0.15, 0.2) is 11.5 Å². The summed E-state index contributed by atoms with van der Waals surface area (Å²) in [6.45, 7) is 0.610. The minimum absolute atomic E-state index is 0.0366. The molecule has 0 spiro atoms. The maximum atomic E-state index is 12.8. The third-order valence-corrected chi connectivity index (χ3v) is 8.60. The van der Waals surface area contributed by atoms with Crippen molar-refractivity contribution in [1.29, 1.82) is 0 Å². The molecule has 4 rings (SSSR count). The molecule has 7 nitrogen and oxygen atoms in total. The number of methoxy groups -OCH3 is 2. The Morgan fingerprint density at radius 3 is 2.52 bits per heavy atom. The van der Waals surface area contributed by atoms with Crippen LogP contribution in [0, 0.1) is 0 Å². The predicted octanol–water partition coefficient (Wildman–Crippen LogP) is 2.95. The summed E-state index contributed by atoms with van der Waals surface area (Å²) in [7, 11) is 2.08. The minimum atomic E-state index is -2.88. The second-order valence-corrected chi connectivity index (χ2v) is 11.2. The van der Waals surface area contributed by atoms with Gasteiger partial charge < -0.3 is 19.4 Å². The lowest BCUT2D eigenvalue weighted by molar-refractivity contribution is 0.355. The topological polar surface area (TPSA) is 86.6 Å². The fourth-order valence-corrected chi connectivity index (χ4v) is 6.56. The summed E-state index contributed by atoms with van der Waals surface area (Å²) in [6, 6.07) is 7.86. The zero-order valence-electron chi connectivity index (χ0n) is 17.8. The molecule has 1 aliphatic heterocycles. The maximum absolute atomic E-state index is 12.8. The second kappa shape index (κ2) is 8.64. The standard InChI is InChI=1S/C22H26N2O5S2/c1-24-13-18(14-4-5-19(28-2)20(10-14)29-3)21-17(22(24)25)11-16(30-21)12-23-15-6-8-31(26,27)9-7-15/h4-5,10-11,13,15,23H,6-9,12H2,1-3H3. The first kappa shape index (κ1) is 21.9. The van der Waals surface area contributed by atoms with E-state index in [1.165, 1.54) is 0 Å². The smallest absolute Gasteiger partial charge is 0.259 e. The maximum Gasteiger partial charge on any atom is 0.259 e. The molecule has 0 saturated carbocycles. The predicted molar refractivity (Wildman–Crippen MR) is 124 cm³/mol. The Morgan fingerprint density at radius 1 is 1.13 bits per heavy atom. The molecular weight excluding hydrogens is 436 g/mol. The third kappa shape index (κ3) is 4.49. The van der Waals surface area contributed by atoms with Crippen molar-refractivity contribution in [2.24, 2.45) is 7.05 Å². The summed E-state index contributed by atoms with van der Waals surface area (Å²) in [6.07, 6.45) is 3.11. The van der Waals surface area contributed by atoms with Gasteiger partial charge >= 0.3 is 0 Å². The molecule has 0 amide bonds. The van der Waals surface area contributed by atoms with E-state index >= 15 is 0 Å². The Kier molecular flexibility index (Phi) is 6.09. The van der Waals surface area contributed by atoms with Crippen LogP contribution in [0.15, 0.2) is 35.3 Å². The van der Waals surface area contributed by atoms with Crippen LogP contribution in [0.3, 0.4) is 0 Å². The first-order valence-corrected chi connectivity index (χ1v) is 12.7. The number of hydrogen-bond donors (Lipinski definition) is 1. The number of nitrogens with one attached hydrogen (secondary N) is 1. The van der Waals surface area contributed by atoms with Crippen LogP contribution in [0.25, 0.3) is 21.2 Å². The molecule has 0 bridgehead atoms. The molecule has 0 aliphatic carbocycles. The van der Waals surface area contributed by atoms with Crippen molar-refractivity contribution >= 4 is 31.3 Å². The largest absolute Gasteiger partial charge is 0.493 e. The number of nitrogens with zero attached hydrogens (tertiary/aromatic N) is 1. The van der Waals surface area contributed by atoms with Crippen LogP contribution in [0.5, 0.6) is 11.5 Å². The van der Waals surface area contributed by atoms with Crippen molar-refractivity contribution in [3.8, 4) is 22.6 Å². The van der Waals surface area contributed by atoms with Crippen LogP contribution in [0.4, 0.5) is 0 Å². The molecule has 1 N–H and O–H groups in total. The van der Waals surface area contributed by atoms with Crippen molar-refractivity contribution in [3.63, 3.8) is 0 Å². The number of benzene rings is 1. The number of hydrogen-bond acceptors (Lipinski definition) is 7. The number of fused-ring (bicyclic) bond motifs is 1. The molecule has 3 heterocycles. The van der Waals surface area contributed by atoms with E-state index < -0.39 is 9.84 Å². The van der Waals surface area contributed by atoms with Crippen molar-refractivity contribution in [2.75, 3.05) is 25.7 Å². The fourth-order valence-electron chi connectivity index (χ4n) is 3.94. The van der Waals surface area contributed by atoms with Gasteiger partial charge in [0, 0.05) is 41.0 Å². The Morgan fingerprint density at radius 2 is 1.84 bits per heavy atom. The second-order valence-electron chi connectivity index (χ2n) is 7.79. The van der Waals surface area contributed by atoms with E-state index in [1.807, 2.05) is 30.5 Å². The van der Waals surface area contributed by atoms with Crippen molar-refractivity contribution in [3.05, 3.63) is 45.7 Å². The number of ether oxygens (including phenoxy) is 2. The normalized spacial score (nSPS) is 16.5. The molecular formula is C22H26N2O5S2. The van der Waals surface area contributed by atoms with E-state index in [1.54, 1.807) is 37.2 Å². The third-order valence-electron chi connectivity index (χ3n) is 5.72. The van der Waals surface area contributed by atoms with E-state index in [4.69, 9.17) is 9.47 Å². The highest BCUT2D eigenvalue weighted by Crippen LogP contribution is 2.37. The molecule has 2 aromatic heterocycles. The highest BCUT2D eigenvalue weighted by molar-refractivity contribution is 7.91. The first-order chi connectivity index (χ1) is 14.8. The summed E-state index contributed by atoms with van der Waals surface area (Å²) in [5, 5.41) is 4.15. The number of aryl methyl sites for hydroxylation is 1. The first-order valence-electron chi connectivity index (χ1n) is 10.1. The Bertz CT molecular complexity index is 1260. The summed E-state index contributed by atoms with van der Waals surface area (Å²) in [5.41, 5.74) is 1.86. The Hall–Kier alpha value is -2.36. The highest BCUT2D eigenvalue weighted by Gasteiger charge is 2.23. The molecule has 1 fully saturated rings. The molecule has 0 atom stereocenters. The lowest BCUT2D eigenvalue weighted by atomic mass is 10.1. The molecule has 0 radical (unpaired) electrons. The quantitative estimate of drug-likeness (QED) is 0.606. The number of thiophene rings is 1. The van der Waals surface area contributed by atoms with Gasteiger partial charge in [0.25, 0.3) is 5.56 Å². The van der Waals surface area contributed by atoms with Gasteiger partial charge in [-0.15, -0.1) is 11.3 Å². The lowest BCUT2D eigenvalue weighted by Crippen LogP contribution is -2.36. The van der Waals surface area contributed by atoms with Crippen molar-refractivity contribution in [1.82, 2.24) is 9.88 Å². The summed E-state index contributed by atoms with van der Waals surface area (Å²) in [4.78, 5) is 13.8. The SMILES string of the molecule is COc1ccc(-c2cn(C)c(=O)c3cc(CNC4CCS(=O)(=O)CC4)sc23)cc1OC. The van der Waals surface area contributed by atoms with Gasteiger partial charge in [-0.05, 0) is 36.6 Å². The minimum Gasteiger partial charge on any atom is -0.493 e. The van der Waals surface area contributed by atoms with Gasteiger partial charge in [-0.2, -0.15) is 0 Å². The summed E-state index contributed by atoms with van der Waals surface area (Å²) >= 11 is 1.59. The zero-order valence-corrected chi connectivity index (χ0v) is 19.4. The average Bonchev–Trinajstić information content (AvgIpc) is 3.19. The average molecular weight is 463 g/mol. The van der Waals surface area contributed by atoms with Crippen LogP contribution < -0.4 is 20.3 Å². The number of aromatic nitrogens is 1. The summed E-state index contributed by atoms with van der Waals surface area (Å²) < 4.78 is 36.6. The molecule has 1 aromatic carbocycles. The number of rotatable bonds is 6. The van der Waals surface area contributed by atoms with Gasteiger partial charge in [-0.3, -0.25) is 4.79 Å². The van der Waals surface area contributed by atoms with E-state index in [0.29, 0.717) is 36.3 Å². The van der Waals surface area contributed by atoms with E-state index in [-0.39, 0.29) is 23.1 Å². The van der Waals surface area contributed by atoms with Crippen molar-refractivity contribution in [2.45, 2.75) is 25.4 Å². The molecule has 31 heavy (non-hydrogen) atoms. The van der Waals surface area contributed by atoms with Gasteiger partial charge in [-0.1, -0.05) is 6.07 Å². The van der Waals surface area contributed by atoms with E-state index in [2.05, 4.69) is 5.32 Å². The molecule has 0 unspecified atom stereocenters. The zero-order chi connectivity index (χ0) is 22.2. The van der Waals surface area contributed by atoms with Gasteiger partial charge in [0.05, 0.1) is 31.1 Å². The van der Waals surface area contributed by atoms with Crippen LogP contribution >= 0.6 is 11.3 Å². The monoisotopic (exact) mass is 462 g/mol. The van der Waals surface area contributed by atoms with Gasteiger partial charge in [0.1, 0.15) is 9.84 Å². The van der Waals surface area contributed by atoms with Crippen LogP contribution in [-0.2, 0) is 23.4 Å². The van der Waals surface area contributed by atoms with Crippen molar-refractivity contribution < 1.29 is 17.9 Å². The van der Waals surface area contributed by atoms with E-state index in [0.717, 1.165) is 20.7 Å². The molecule has 166 valence electrons. The molecule has 1 saturated heterocycles. The van der Waals surface area contributed by atoms with Gasteiger partial charge in [-0.25, -0.2) is 8.42 Å². The lowest BCUT2D eigenvalue weighted by Gasteiger charge is -2.22. The van der Waals surface area contributed by atoms with Gasteiger partial charge in [0.2, 0.25) is 0 Å². The summed E-state index contributed by atoms with van der Waals surface area (Å²) in [5.74, 6) is 1.76. The fraction of sp³-hybridized carbons (Fsp3) is 0.409. The Labute approximate surface area is 185 Å². The Balaban J connectivity index is 1.66. The number of sulfone groups is 1. The number of pyridine rings is 1. The van der Waals surface area contributed by atoms with Crippen LogP contribution in [-0.4, -0.2) is 44.8 Å². The highest BCUT2D eigenvalue weighted by atomic mass is 32.2. The molecule has 3 aromatic rings.